The molecule has 3 heterocycles. The molecule has 2 saturated heterocycles. The summed E-state index contributed by atoms with van der Waals surface area (Å²) in [4.78, 5) is 18.6. The molecule has 2 aliphatic rings. The molecule has 2 unspecified atom stereocenters. The summed E-state index contributed by atoms with van der Waals surface area (Å²) in [5, 5.41) is 6.43. The van der Waals surface area contributed by atoms with Gasteiger partial charge in [-0.05, 0) is 39.2 Å². The monoisotopic (exact) mass is 309 g/mol. The molecule has 0 radical (unpaired) electrons. The van der Waals surface area contributed by atoms with Gasteiger partial charge in [0.25, 0.3) is 0 Å². The highest BCUT2D eigenvalue weighted by atomic mass is 32.1. The molecular weight excluding hydrogens is 286 g/mol. The van der Waals surface area contributed by atoms with Crippen molar-refractivity contribution in [2.75, 3.05) is 25.0 Å². The quantitative estimate of drug-likeness (QED) is 0.846. The lowest BCUT2D eigenvalue weighted by Crippen LogP contribution is -2.42. The molecule has 21 heavy (non-hydrogen) atoms. The van der Waals surface area contributed by atoms with Crippen molar-refractivity contribution in [2.24, 2.45) is 0 Å². The van der Waals surface area contributed by atoms with Crippen LogP contribution in [0.2, 0.25) is 0 Å². The normalized spacial score (nSPS) is 25.6. The number of thiazole rings is 1. The summed E-state index contributed by atoms with van der Waals surface area (Å²) in [6.07, 6.45) is 5.35. The average Bonchev–Trinajstić information content (AvgIpc) is 3.08. The van der Waals surface area contributed by atoms with Crippen LogP contribution in [0.1, 0.15) is 38.3 Å². The lowest BCUT2D eigenvalue weighted by Gasteiger charge is -2.35. The van der Waals surface area contributed by atoms with Gasteiger partial charge in [-0.2, -0.15) is 0 Å². The average molecular weight is 309 g/mol. The molecule has 116 valence electrons. The summed E-state index contributed by atoms with van der Waals surface area (Å²) in [5.74, 6) is -0.200. The number of carbonyl (C=O) groups excluding carboxylic acids is 1. The minimum atomic E-state index is -0.200. The zero-order valence-electron chi connectivity index (χ0n) is 12.5. The van der Waals surface area contributed by atoms with Crippen molar-refractivity contribution in [1.29, 1.82) is 0 Å². The molecule has 6 heteroatoms. The molecule has 0 saturated carbocycles. The Hall–Kier alpha value is -1.14. The number of rotatable bonds is 5. The predicted molar refractivity (Wildman–Crippen MR) is 83.7 cm³/mol. The number of fused-ring (bicyclic) bond motifs is 1. The Morgan fingerprint density at radius 2 is 2.43 bits per heavy atom. The van der Waals surface area contributed by atoms with Gasteiger partial charge in [0.2, 0.25) is 0 Å². The first-order chi connectivity index (χ1) is 10.2. The van der Waals surface area contributed by atoms with Gasteiger partial charge >= 0.3 is 5.97 Å². The molecule has 0 aromatic carbocycles. The van der Waals surface area contributed by atoms with Crippen molar-refractivity contribution in [1.82, 2.24) is 9.88 Å². The zero-order chi connectivity index (χ0) is 14.7. The largest absolute Gasteiger partial charge is 0.466 e. The first-order valence-corrected chi connectivity index (χ1v) is 8.73. The minimum absolute atomic E-state index is 0.200. The number of nitrogens with one attached hydrogen (secondary N) is 1. The van der Waals surface area contributed by atoms with Crippen LogP contribution in [-0.4, -0.2) is 47.6 Å². The van der Waals surface area contributed by atoms with Crippen LogP contribution in [0.15, 0.2) is 5.38 Å². The second kappa shape index (κ2) is 6.75. The maximum atomic E-state index is 11.5. The van der Waals surface area contributed by atoms with E-state index in [-0.39, 0.29) is 12.4 Å². The Balaban J connectivity index is 1.51. The first-order valence-electron chi connectivity index (χ1n) is 7.85. The van der Waals surface area contributed by atoms with Crippen LogP contribution < -0.4 is 5.32 Å². The van der Waals surface area contributed by atoms with Crippen molar-refractivity contribution in [3.8, 4) is 0 Å². The fourth-order valence-corrected chi connectivity index (χ4v) is 4.13. The molecule has 2 aliphatic heterocycles. The van der Waals surface area contributed by atoms with Crippen LogP contribution in [0.25, 0.3) is 0 Å². The van der Waals surface area contributed by atoms with E-state index in [1.54, 1.807) is 11.3 Å². The number of piperidine rings is 1. The molecule has 0 spiro atoms. The number of carbonyl (C=O) groups is 1. The molecule has 3 rings (SSSR count). The fraction of sp³-hybridized carbons (Fsp3) is 0.733. The van der Waals surface area contributed by atoms with Crippen molar-refractivity contribution >= 4 is 22.4 Å². The molecule has 0 aliphatic carbocycles. The Morgan fingerprint density at radius 1 is 1.52 bits per heavy atom. The van der Waals surface area contributed by atoms with E-state index in [9.17, 15) is 4.79 Å². The smallest absolute Gasteiger partial charge is 0.311 e. The number of esters is 1. The van der Waals surface area contributed by atoms with Gasteiger partial charge in [-0.3, -0.25) is 4.79 Å². The lowest BCUT2D eigenvalue weighted by molar-refractivity contribution is -0.142. The highest BCUT2D eigenvalue weighted by molar-refractivity contribution is 7.13. The van der Waals surface area contributed by atoms with Crippen LogP contribution in [0.5, 0.6) is 0 Å². The third kappa shape index (κ3) is 3.74. The van der Waals surface area contributed by atoms with Crippen LogP contribution in [0, 0.1) is 0 Å². The summed E-state index contributed by atoms with van der Waals surface area (Å²) in [6.45, 7) is 4.72. The molecular formula is C15H23N3O2S. The van der Waals surface area contributed by atoms with Gasteiger partial charge in [-0.25, -0.2) is 4.98 Å². The highest BCUT2D eigenvalue weighted by Crippen LogP contribution is 2.29. The van der Waals surface area contributed by atoms with Gasteiger partial charge in [-0.15, -0.1) is 11.3 Å². The zero-order valence-corrected chi connectivity index (χ0v) is 13.3. The summed E-state index contributed by atoms with van der Waals surface area (Å²) in [6, 6.07) is 1.28. The molecule has 0 amide bonds. The molecule has 1 aromatic heterocycles. The third-order valence-electron chi connectivity index (χ3n) is 4.33. The van der Waals surface area contributed by atoms with E-state index in [4.69, 9.17) is 4.74 Å². The van der Waals surface area contributed by atoms with Gasteiger partial charge in [0, 0.05) is 24.0 Å². The van der Waals surface area contributed by atoms with E-state index >= 15 is 0 Å². The topological polar surface area (TPSA) is 54.5 Å². The standard InChI is InChI=1S/C15H23N3O2S/c1-2-20-14(19)9-12-10-21-15(17-12)16-11-5-7-18-6-3-4-13(18)8-11/h10-11,13H,2-9H2,1H3,(H,16,17). The second-order valence-electron chi connectivity index (χ2n) is 5.82. The Bertz CT molecular complexity index is 491. The van der Waals surface area contributed by atoms with E-state index in [0.717, 1.165) is 16.9 Å². The summed E-state index contributed by atoms with van der Waals surface area (Å²) < 4.78 is 4.95. The summed E-state index contributed by atoms with van der Waals surface area (Å²) >= 11 is 1.58. The second-order valence-corrected chi connectivity index (χ2v) is 6.68. The van der Waals surface area contributed by atoms with Gasteiger partial charge in [0.1, 0.15) is 0 Å². The Morgan fingerprint density at radius 3 is 3.29 bits per heavy atom. The Kier molecular flexibility index (Phi) is 4.75. The van der Waals surface area contributed by atoms with Gasteiger partial charge in [0.05, 0.1) is 18.7 Å². The van der Waals surface area contributed by atoms with Gasteiger partial charge in [0.15, 0.2) is 5.13 Å². The van der Waals surface area contributed by atoms with E-state index in [1.807, 2.05) is 12.3 Å². The van der Waals surface area contributed by atoms with Crippen molar-refractivity contribution in [2.45, 2.75) is 51.1 Å². The first kappa shape index (κ1) is 14.8. The van der Waals surface area contributed by atoms with Crippen LogP contribution in [-0.2, 0) is 16.0 Å². The van der Waals surface area contributed by atoms with Crippen molar-refractivity contribution in [3.63, 3.8) is 0 Å². The summed E-state index contributed by atoms with van der Waals surface area (Å²) in [5.41, 5.74) is 0.805. The molecule has 2 fully saturated rings. The highest BCUT2D eigenvalue weighted by Gasteiger charge is 2.31. The van der Waals surface area contributed by atoms with Crippen LogP contribution in [0.4, 0.5) is 5.13 Å². The number of aromatic nitrogens is 1. The third-order valence-corrected chi connectivity index (χ3v) is 5.15. The molecule has 0 bridgehead atoms. The fourth-order valence-electron chi connectivity index (χ4n) is 3.34. The molecule has 1 N–H and O–H groups in total. The van der Waals surface area contributed by atoms with E-state index in [2.05, 4.69) is 15.2 Å². The number of hydrogen-bond acceptors (Lipinski definition) is 6. The SMILES string of the molecule is CCOC(=O)Cc1csc(NC2CCN3CCCC3C2)n1. The van der Waals surface area contributed by atoms with E-state index in [0.29, 0.717) is 12.6 Å². The number of anilines is 1. The van der Waals surface area contributed by atoms with Crippen LogP contribution >= 0.6 is 11.3 Å². The van der Waals surface area contributed by atoms with E-state index in [1.165, 1.54) is 38.8 Å². The number of nitrogens with zero attached hydrogens (tertiary/aromatic N) is 2. The number of hydrogen-bond donors (Lipinski definition) is 1. The van der Waals surface area contributed by atoms with Gasteiger partial charge in [-0.1, -0.05) is 0 Å². The number of ether oxygens (including phenoxy) is 1. The molecule has 2 atom stereocenters. The molecule has 1 aromatic rings. The maximum Gasteiger partial charge on any atom is 0.311 e. The maximum absolute atomic E-state index is 11.5. The minimum Gasteiger partial charge on any atom is -0.466 e. The van der Waals surface area contributed by atoms with E-state index < -0.39 is 0 Å². The lowest BCUT2D eigenvalue weighted by atomic mass is 9.98. The Labute approximate surface area is 129 Å². The van der Waals surface area contributed by atoms with Crippen LogP contribution in [0.3, 0.4) is 0 Å². The van der Waals surface area contributed by atoms with Crippen molar-refractivity contribution < 1.29 is 9.53 Å². The van der Waals surface area contributed by atoms with Gasteiger partial charge < -0.3 is 15.0 Å². The summed E-state index contributed by atoms with van der Waals surface area (Å²) in [7, 11) is 0. The molecule has 5 nitrogen and oxygen atoms in total. The van der Waals surface area contributed by atoms with Crippen molar-refractivity contribution in [3.05, 3.63) is 11.1 Å². The predicted octanol–water partition coefficient (Wildman–Crippen LogP) is 2.29.